The number of aliphatic hydroxyl groups is 1. The number of nitrogens with one attached hydrogen (secondary N) is 1. The van der Waals surface area contributed by atoms with Crippen molar-refractivity contribution in [1.29, 1.82) is 0 Å². The molecular formula is C17H20N2O3. The fourth-order valence-electron chi connectivity index (χ4n) is 2.35. The third-order valence-electron chi connectivity index (χ3n) is 3.59. The molecule has 0 fully saturated rings. The number of nitro benzene ring substituents is 1. The van der Waals surface area contributed by atoms with Gasteiger partial charge in [-0.25, -0.2) is 0 Å². The van der Waals surface area contributed by atoms with Gasteiger partial charge >= 0.3 is 0 Å². The summed E-state index contributed by atoms with van der Waals surface area (Å²) in [6, 6.07) is 16.2. The minimum absolute atomic E-state index is 0.0371. The molecule has 0 aliphatic carbocycles. The molecule has 5 heteroatoms. The van der Waals surface area contributed by atoms with Crippen molar-refractivity contribution < 1.29 is 10.0 Å². The molecular weight excluding hydrogens is 280 g/mol. The van der Waals surface area contributed by atoms with Crippen LogP contribution >= 0.6 is 0 Å². The maximum absolute atomic E-state index is 11.0. The molecule has 0 spiro atoms. The quantitative estimate of drug-likeness (QED) is 0.608. The Morgan fingerprint density at radius 3 is 2.45 bits per heavy atom. The Hall–Kier alpha value is -2.24. The first kappa shape index (κ1) is 16.1. The van der Waals surface area contributed by atoms with Crippen LogP contribution < -0.4 is 5.32 Å². The molecule has 5 nitrogen and oxygen atoms in total. The minimum Gasteiger partial charge on any atom is -0.388 e. The third kappa shape index (κ3) is 4.38. The fraction of sp³-hybridized carbons (Fsp3) is 0.294. The van der Waals surface area contributed by atoms with E-state index in [1.165, 1.54) is 6.07 Å². The van der Waals surface area contributed by atoms with Gasteiger partial charge in [-0.1, -0.05) is 48.5 Å². The Balaban J connectivity index is 1.91. The van der Waals surface area contributed by atoms with Crippen LogP contribution in [0.3, 0.4) is 0 Å². The molecule has 2 aromatic carbocycles. The topological polar surface area (TPSA) is 75.4 Å². The lowest BCUT2D eigenvalue weighted by Crippen LogP contribution is -2.27. The predicted molar refractivity (Wildman–Crippen MR) is 85.4 cm³/mol. The first-order chi connectivity index (χ1) is 10.6. The monoisotopic (exact) mass is 300 g/mol. The lowest BCUT2D eigenvalue weighted by Gasteiger charge is -2.18. The summed E-state index contributed by atoms with van der Waals surface area (Å²) < 4.78 is 0. The summed E-state index contributed by atoms with van der Waals surface area (Å²) in [5.41, 5.74) is 1.64. The van der Waals surface area contributed by atoms with E-state index in [1.54, 1.807) is 18.2 Å². The summed E-state index contributed by atoms with van der Waals surface area (Å²) in [5.74, 6) is 0. The van der Waals surface area contributed by atoms with Crippen molar-refractivity contribution in [1.82, 2.24) is 5.32 Å². The summed E-state index contributed by atoms with van der Waals surface area (Å²) in [6.45, 7) is 2.36. The van der Waals surface area contributed by atoms with Gasteiger partial charge in [0, 0.05) is 24.2 Å². The molecule has 2 atom stereocenters. The SMILES string of the molecule is CC(CC(O)c1ccccc1)NCc1ccccc1[N+](=O)[O-]. The van der Waals surface area contributed by atoms with Gasteiger partial charge in [0.05, 0.1) is 11.0 Å². The number of benzene rings is 2. The van der Waals surface area contributed by atoms with Crippen LogP contribution in [0.2, 0.25) is 0 Å². The maximum Gasteiger partial charge on any atom is 0.273 e. The average Bonchev–Trinajstić information content (AvgIpc) is 2.54. The Morgan fingerprint density at radius 1 is 1.14 bits per heavy atom. The second kappa shape index (κ2) is 7.68. The Labute approximate surface area is 129 Å². The lowest BCUT2D eigenvalue weighted by molar-refractivity contribution is -0.385. The van der Waals surface area contributed by atoms with E-state index < -0.39 is 6.10 Å². The van der Waals surface area contributed by atoms with Gasteiger partial charge < -0.3 is 10.4 Å². The lowest BCUT2D eigenvalue weighted by atomic mass is 10.0. The Morgan fingerprint density at radius 2 is 1.77 bits per heavy atom. The normalized spacial score (nSPS) is 13.5. The molecule has 0 aromatic heterocycles. The van der Waals surface area contributed by atoms with Crippen molar-refractivity contribution in [3.8, 4) is 0 Å². The van der Waals surface area contributed by atoms with Gasteiger partial charge in [-0.05, 0) is 18.9 Å². The zero-order valence-electron chi connectivity index (χ0n) is 12.5. The van der Waals surface area contributed by atoms with Crippen LogP contribution in [0.1, 0.15) is 30.6 Å². The van der Waals surface area contributed by atoms with Crippen LogP contribution in [0, 0.1) is 10.1 Å². The van der Waals surface area contributed by atoms with Crippen molar-refractivity contribution >= 4 is 5.69 Å². The summed E-state index contributed by atoms with van der Waals surface area (Å²) in [6.07, 6.45) is -0.000523. The van der Waals surface area contributed by atoms with E-state index in [9.17, 15) is 15.2 Å². The largest absolute Gasteiger partial charge is 0.388 e. The van der Waals surface area contributed by atoms with Crippen LogP contribution in [0.25, 0.3) is 0 Å². The molecule has 2 N–H and O–H groups in total. The van der Waals surface area contributed by atoms with E-state index in [4.69, 9.17) is 0 Å². The molecule has 0 heterocycles. The molecule has 2 unspecified atom stereocenters. The zero-order chi connectivity index (χ0) is 15.9. The van der Waals surface area contributed by atoms with E-state index in [0.717, 1.165) is 5.56 Å². The fourth-order valence-corrected chi connectivity index (χ4v) is 2.35. The number of para-hydroxylation sites is 1. The number of aliphatic hydroxyl groups excluding tert-OH is 1. The van der Waals surface area contributed by atoms with Gasteiger partial charge in [0.2, 0.25) is 0 Å². The Kier molecular flexibility index (Phi) is 5.63. The molecule has 2 rings (SSSR count). The first-order valence-corrected chi connectivity index (χ1v) is 7.26. The van der Waals surface area contributed by atoms with Crippen molar-refractivity contribution in [3.63, 3.8) is 0 Å². The van der Waals surface area contributed by atoms with E-state index >= 15 is 0 Å². The third-order valence-corrected chi connectivity index (χ3v) is 3.59. The predicted octanol–water partition coefficient (Wildman–Crippen LogP) is 3.20. The second-order valence-electron chi connectivity index (χ2n) is 5.33. The number of nitrogens with zero attached hydrogens (tertiary/aromatic N) is 1. The van der Waals surface area contributed by atoms with Crippen molar-refractivity contribution in [3.05, 3.63) is 75.8 Å². The number of rotatable bonds is 7. The van der Waals surface area contributed by atoms with Crippen LogP contribution in [-0.4, -0.2) is 16.1 Å². The second-order valence-corrected chi connectivity index (χ2v) is 5.33. The van der Waals surface area contributed by atoms with Gasteiger partial charge in [-0.15, -0.1) is 0 Å². The molecule has 0 saturated carbocycles. The summed E-state index contributed by atoms with van der Waals surface area (Å²) >= 11 is 0. The van der Waals surface area contributed by atoms with Crippen LogP contribution in [0.4, 0.5) is 5.69 Å². The highest BCUT2D eigenvalue weighted by atomic mass is 16.6. The highest BCUT2D eigenvalue weighted by Gasteiger charge is 2.15. The molecule has 0 aliphatic rings. The molecule has 0 saturated heterocycles. The maximum atomic E-state index is 11.0. The molecule has 2 aromatic rings. The van der Waals surface area contributed by atoms with E-state index in [0.29, 0.717) is 18.5 Å². The molecule has 22 heavy (non-hydrogen) atoms. The highest BCUT2D eigenvalue weighted by Crippen LogP contribution is 2.20. The smallest absolute Gasteiger partial charge is 0.273 e. The molecule has 0 bridgehead atoms. The van der Waals surface area contributed by atoms with Crippen molar-refractivity contribution in [2.24, 2.45) is 0 Å². The van der Waals surface area contributed by atoms with Gasteiger partial charge in [0.15, 0.2) is 0 Å². The molecule has 0 radical (unpaired) electrons. The highest BCUT2D eigenvalue weighted by molar-refractivity contribution is 5.39. The first-order valence-electron chi connectivity index (χ1n) is 7.26. The van der Waals surface area contributed by atoms with Gasteiger partial charge in [0.25, 0.3) is 5.69 Å². The Bertz CT molecular complexity index is 616. The van der Waals surface area contributed by atoms with Gasteiger partial charge in [-0.3, -0.25) is 10.1 Å². The molecule has 116 valence electrons. The van der Waals surface area contributed by atoms with E-state index in [-0.39, 0.29) is 16.7 Å². The van der Waals surface area contributed by atoms with Crippen LogP contribution in [0.5, 0.6) is 0 Å². The summed E-state index contributed by atoms with van der Waals surface area (Å²) in [5, 5.41) is 24.4. The van der Waals surface area contributed by atoms with Gasteiger partial charge in [0.1, 0.15) is 0 Å². The number of hydrogen-bond donors (Lipinski definition) is 2. The molecule has 0 aliphatic heterocycles. The minimum atomic E-state index is -0.547. The summed E-state index contributed by atoms with van der Waals surface area (Å²) in [4.78, 5) is 10.6. The molecule has 0 amide bonds. The zero-order valence-corrected chi connectivity index (χ0v) is 12.5. The van der Waals surface area contributed by atoms with Crippen LogP contribution in [-0.2, 0) is 6.54 Å². The van der Waals surface area contributed by atoms with E-state index in [2.05, 4.69) is 5.32 Å². The average molecular weight is 300 g/mol. The van der Waals surface area contributed by atoms with E-state index in [1.807, 2.05) is 37.3 Å². The summed E-state index contributed by atoms with van der Waals surface area (Å²) in [7, 11) is 0. The van der Waals surface area contributed by atoms with Crippen LogP contribution in [0.15, 0.2) is 54.6 Å². The number of nitro groups is 1. The standard InChI is InChI=1S/C17H20N2O3/c1-13(11-17(20)14-7-3-2-4-8-14)18-12-15-9-5-6-10-16(15)19(21)22/h2-10,13,17-18,20H,11-12H2,1H3. The van der Waals surface area contributed by atoms with Gasteiger partial charge in [-0.2, -0.15) is 0 Å². The number of hydrogen-bond acceptors (Lipinski definition) is 4. The van der Waals surface area contributed by atoms with Crippen molar-refractivity contribution in [2.45, 2.75) is 32.0 Å². The van der Waals surface area contributed by atoms with Crippen molar-refractivity contribution in [2.75, 3.05) is 0 Å².